The maximum Gasteiger partial charge on any atom is 0.258 e. The molecular formula is C14H16N6O. The minimum absolute atomic E-state index is 0.0155. The molecular weight excluding hydrogens is 268 g/mol. The number of nitrogens with one attached hydrogen (secondary N) is 3. The zero-order valence-electron chi connectivity index (χ0n) is 11.6. The highest BCUT2D eigenvalue weighted by molar-refractivity contribution is 5.88. The van der Waals surface area contributed by atoms with E-state index in [0.717, 1.165) is 17.9 Å². The van der Waals surface area contributed by atoms with Gasteiger partial charge >= 0.3 is 0 Å². The first-order valence-electron chi connectivity index (χ1n) is 6.71. The number of nitrogens with two attached hydrogens (primary N) is 1. The molecule has 0 aliphatic carbocycles. The second-order valence-corrected chi connectivity index (χ2v) is 4.77. The molecule has 2 aromatic heterocycles. The van der Waals surface area contributed by atoms with Crippen LogP contribution >= 0.6 is 0 Å². The summed E-state index contributed by atoms with van der Waals surface area (Å²) in [5.74, 6) is 0.843. The third-order valence-corrected chi connectivity index (χ3v) is 3.40. The molecule has 0 bridgehead atoms. The molecule has 1 unspecified atom stereocenters. The van der Waals surface area contributed by atoms with Crippen molar-refractivity contribution in [1.82, 2.24) is 19.9 Å². The van der Waals surface area contributed by atoms with Gasteiger partial charge in [-0.05, 0) is 18.6 Å². The molecule has 0 fully saturated rings. The average Bonchev–Trinajstić information content (AvgIpc) is 3.00. The summed E-state index contributed by atoms with van der Waals surface area (Å²) >= 11 is 0. The van der Waals surface area contributed by atoms with Crippen molar-refractivity contribution in [2.75, 3.05) is 11.1 Å². The predicted octanol–water partition coefficient (Wildman–Crippen LogP) is 1.79. The molecule has 0 amide bonds. The predicted molar refractivity (Wildman–Crippen MR) is 82.0 cm³/mol. The van der Waals surface area contributed by atoms with E-state index in [1.165, 1.54) is 6.33 Å². The minimum atomic E-state index is -0.198. The van der Waals surface area contributed by atoms with Crippen LogP contribution in [0, 0.1) is 0 Å². The first-order chi connectivity index (χ1) is 10.2. The van der Waals surface area contributed by atoms with Crippen LogP contribution in [0.5, 0.6) is 0 Å². The molecule has 1 aromatic carbocycles. The Labute approximate surface area is 120 Å². The van der Waals surface area contributed by atoms with Gasteiger partial charge < -0.3 is 21.0 Å². The van der Waals surface area contributed by atoms with Crippen LogP contribution in [0.25, 0.3) is 10.9 Å². The zero-order valence-corrected chi connectivity index (χ0v) is 11.6. The van der Waals surface area contributed by atoms with E-state index >= 15 is 0 Å². The molecule has 0 saturated carbocycles. The van der Waals surface area contributed by atoms with Gasteiger partial charge in [-0.2, -0.15) is 0 Å². The van der Waals surface area contributed by atoms with Gasteiger partial charge in [0.1, 0.15) is 5.82 Å². The van der Waals surface area contributed by atoms with Crippen molar-refractivity contribution in [3.05, 3.63) is 47.0 Å². The first kappa shape index (κ1) is 13.2. The van der Waals surface area contributed by atoms with Crippen molar-refractivity contribution in [2.45, 2.75) is 19.4 Å². The molecule has 1 atom stereocenters. The highest BCUT2D eigenvalue weighted by Crippen LogP contribution is 2.27. The van der Waals surface area contributed by atoms with Crippen LogP contribution in [0.2, 0.25) is 0 Å². The van der Waals surface area contributed by atoms with Crippen LogP contribution in [0.3, 0.4) is 0 Å². The van der Waals surface area contributed by atoms with Crippen molar-refractivity contribution >= 4 is 22.3 Å². The lowest BCUT2D eigenvalue weighted by Gasteiger charge is -2.18. The molecule has 0 radical (unpaired) electrons. The SMILES string of the molecule is CCC(Nc1cc2nc[nH]c(=O)c2cc1N)c1ncc[nH]1. The maximum atomic E-state index is 11.7. The first-order valence-corrected chi connectivity index (χ1v) is 6.71. The lowest BCUT2D eigenvalue weighted by Crippen LogP contribution is -2.13. The number of benzene rings is 1. The van der Waals surface area contributed by atoms with Crippen LogP contribution in [0.4, 0.5) is 11.4 Å². The van der Waals surface area contributed by atoms with E-state index in [4.69, 9.17) is 5.73 Å². The fourth-order valence-corrected chi connectivity index (χ4v) is 2.28. The molecule has 108 valence electrons. The van der Waals surface area contributed by atoms with Gasteiger partial charge in [0, 0.05) is 12.4 Å². The van der Waals surface area contributed by atoms with Crippen LogP contribution < -0.4 is 16.6 Å². The molecule has 3 aromatic rings. The number of H-pyrrole nitrogens is 2. The topological polar surface area (TPSA) is 112 Å². The summed E-state index contributed by atoms with van der Waals surface area (Å²) in [6, 6.07) is 3.44. The summed E-state index contributed by atoms with van der Waals surface area (Å²) in [6.07, 6.45) is 5.72. The van der Waals surface area contributed by atoms with E-state index in [-0.39, 0.29) is 11.6 Å². The molecule has 0 aliphatic rings. The van der Waals surface area contributed by atoms with Crippen LogP contribution in [0.15, 0.2) is 35.6 Å². The van der Waals surface area contributed by atoms with Crippen molar-refractivity contribution < 1.29 is 0 Å². The maximum absolute atomic E-state index is 11.7. The average molecular weight is 284 g/mol. The smallest absolute Gasteiger partial charge is 0.258 e. The number of aromatic nitrogens is 4. The number of nitrogens with zero attached hydrogens (tertiary/aromatic N) is 2. The fraction of sp³-hybridized carbons (Fsp3) is 0.214. The Balaban J connectivity index is 2.00. The number of hydrogen-bond donors (Lipinski definition) is 4. The van der Waals surface area contributed by atoms with Gasteiger partial charge in [-0.3, -0.25) is 4.79 Å². The monoisotopic (exact) mass is 284 g/mol. The van der Waals surface area contributed by atoms with Gasteiger partial charge in [0.05, 0.1) is 34.6 Å². The van der Waals surface area contributed by atoms with E-state index in [9.17, 15) is 4.79 Å². The Morgan fingerprint density at radius 2 is 2.19 bits per heavy atom. The van der Waals surface area contributed by atoms with E-state index in [0.29, 0.717) is 16.6 Å². The Morgan fingerprint density at radius 3 is 2.90 bits per heavy atom. The van der Waals surface area contributed by atoms with Crippen molar-refractivity contribution in [1.29, 1.82) is 0 Å². The quantitative estimate of drug-likeness (QED) is 0.546. The summed E-state index contributed by atoms with van der Waals surface area (Å²) in [4.78, 5) is 25.8. The molecule has 0 spiro atoms. The molecule has 5 N–H and O–H groups in total. The normalized spacial score (nSPS) is 12.4. The number of aromatic amines is 2. The molecule has 0 aliphatic heterocycles. The van der Waals surface area contributed by atoms with Gasteiger partial charge in [0.25, 0.3) is 5.56 Å². The van der Waals surface area contributed by atoms with Crippen molar-refractivity contribution in [3.63, 3.8) is 0 Å². The van der Waals surface area contributed by atoms with Gasteiger partial charge in [-0.1, -0.05) is 6.92 Å². The van der Waals surface area contributed by atoms with Crippen molar-refractivity contribution in [2.24, 2.45) is 0 Å². The van der Waals surface area contributed by atoms with E-state index < -0.39 is 0 Å². The second-order valence-electron chi connectivity index (χ2n) is 4.77. The van der Waals surface area contributed by atoms with Gasteiger partial charge in [0.15, 0.2) is 0 Å². The van der Waals surface area contributed by atoms with Crippen LogP contribution in [0.1, 0.15) is 25.2 Å². The summed E-state index contributed by atoms with van der Waals surface area (Å²) in [7, 11) is 0. The molecule has 7 heteroatoms. The standard InChI is InChI=1S/C14H16N6O/c1-2-10(13-16-3-4-17-13)20-12-6-11-8(5-9(12)15)14(21)19-7-18-11/h3-7,10,20H,2,15H2,1H3,(H,16,17)(H,18,19,21). The number of nitrogen functional groups attached to an aromatic ring is 1. The summed E-state index contributed by atoms with van der Waals surface area (Å²) in [5, 5.41) is 3.82. The zero-order chi connectivity index (χ0) is 14.8. The van der Waals surface area contributed by atoms with E-state index in [1.807, 2.05) is 0 Å². The molecule has 21 heavy (non-hydrogen) atoms. The van der Waals surface area contributed by atoms with Gasteiger partial charge in [-0.25, -0.2) is 9.97 Å². The van der Waals surface area contributed by atoms with E-state index in [2.05, 4.69) is 32.2 Å². The molecule has 2 heterocycles. The Morgan fingerprint density at radius 1 is 1.33 bits per heavy atom. The lowest BCUT2D eigenvalue weighted by atomic mass is 10.1. The van der Waals surface area contributed by atoms with Gasteiger partial charge in [-0.15, -0.1) is 0 Å². The third-order valence-electron chi connectivity index (χ3n) is 3.40. The molecule has 7 nitrogen and oxygen atoms in total. The number of rotatable bonds is 4. The van der Waals surface area contributed by atoms with E-state index in [1.54, 1.807) is 24.5 Å². The lowest BCUT2D eigenvalue weighted by molar-refractivity contribution is 0.704. The largest absolute Gasteiger partial charge is 0.397 e. The number of imidazole rings is 1. The second kappa shape index (κ2) is 5.28. The minimum Gasteiger partial charge on any atom is -0.397 e. The van der Waals surface area contributed by atoms with Crippen LogP contribution in [-0.2, 0) is 0 Å². The summed E-state index contributed by atoms with van der Waals surface area (Å²) < 4.78 is 0. The van der Waals surface area contributed by atoms with Gasteiger partial charge in [0.2, 0.25) is 0 Å². The van der Waals surface area contributed by atoms with Crippen molar-refractivity contribution in [3.8, 4) is 0 Å². The molecule has 0 saturated heterocycles. The number of hydrogen-bond acceptors (Lipinski definition) is 5. The Bertz CT molecular complexity index is 808. The third kappa shape index (κ3) is 2.45. The number of fused-ring (bicyclic) bond motifs is 1. The number of anilines is 2. The fourth-order valence-electron chi connectivity index (χ4n) is 2.28. The highest BCUT2D eigenvalue weighted by atomic mass is 16.1. The molecule has 3 rings (SSSR count). The Hall–Kier alpha value is -2.83. The summed E-state index contributed by atoms with van der Waals surface area (Å²) in [5.41, 5.74) is 7.69. The summed E-state index contributed by atoms with van der Waals surface area (Å²) in [6.45, 7) is 2.06. The van der Waals surface area contributed by atoms with Crippen LogP contribution in [-0.4, -0.2) is 19.9 Å². The Kier molecular flexibility index (Phi) is 3.31. The highest BCUT2D eigenvalue weighted by Gasteiger charge is 2.14.